The van der Waals surface area contributed by atoms with Gasteiger partial charge in [-0.15, -0.1) is 11.6 Å². The lowest BCUT2D eigenvalue weighted by atomic mass is 9.81. The monoisotopic (exact) mass is 306 g/mol. The van der Waals surface area contributed by atoms with Gasteiger partial charge in [-0.2, -0.15) is 0 Å². The standard InChI is InChI=1S/C20H31Cl/c1-13-14(2)16(4)19(17(5)15(13)3)20(21)18-11-9-7-6-8-10-12-18/h18,20H,6-12H2,1-5H3. The maximum absolute atomic E-state index is 7.02. The summed E-state index contributed by atoms with van der Waals surface area (Å²) in [5.74, 6) is 0.658. The van der Waals surface area contributed by atoms with Gasteiger partial charge in [-0.25, -0.2) is 0 Å². The third-order valence-corrected chi connectivity index (χ3v) is 6.47. The zero-order valence-electron chi connectivity index (χ0n) is 14.5. The molecule has 0 N–H and O–H groups in total. The summed E-state index contributed by atoms with van der Waals surface area (Å²) in [6.07, 6.45) is 9.53. The fraction of sp³-hybridized carbons (Fsp3) is 0.700. The Morgan fingerprint density at radius 3 is 1.52 bits per heavy atom. The third-order valence-electron chi connectivity index (χ3n) is 5.90. The van der Waals surface area contributed by atoms with Gasteiger partial charge in [0.05, 0.1) is 5.38 Å². The van der Waals surface area contributed by atoms with E-state index in [-0.39, 0.29) is 5.38 Å². The van der Waals surface area contributed by atoms with Crippen molar-refractivity contribution in [2.24, 2.45) is 5.92 Å². The molecule has 1 heteroatoms. The van der Waals surface area contributed by atoms with Gasteiger partial charge in [0.1, 0.15) is 0 Å². The molecule has 1 aliphatic carbocycles. The lowest BCUT2D eigenvalue weighted by Crippen LogP contribution is -2.14. The van der Waals surface area contributed by atoms with Crippen LogP contribution in [0.5, 0.6) is 0 Å². The molecular weight excluding hydrogens is 276 g/mol. The molecule has 0 bridgehead atoms. The van der Waals surface area contributed by atoms with Gasteiger partial charge in [0.25, 0.3) is 0 Å². The molecule has 21 heavy (non-hydrogen) atoms. The second kappa shape index (κ2) is 7.18. The highest BCUT2D eigenvalue weighted by Crippen LogP contribution is 2.42. The Morgan fingerprint density at radius 1 is 0.667 bits per heavy atom. The summed E-state index contributed by atoms with van der Waals surface area (Å²) in [6, 6.07) is 0. The molecule has 1 saturated carbocycles. The van der Waals surface area contributed by atoms with Crippen LogP contribution in [-0.4, -0.2) is 0 Å². The van der Waals surface area contributed by atoms with Crippen LogP contribution < -0.4 is 0 Å². The highest BCUT2D eigenvalue weighted by atomic mass is 35.5. The van der Waals surface area contributed by atoms with Crippen molar-refractivity contribution < 1.29 is 0 Å². The summed E-state index contributed by atoms with van der Waals surface area (Å²) in [5, 5.41) is 0.195. The van der Waals surface area contributed by atoms with Crippen molar-refractivity contribution in [2.45, 2.75) is 84.9 Å². The second-order valence-electron chi connectivity index (χ2n) is 7.05. The van der Waals surface area contributed by atoms with Crippen molar-refractivity contribution in [3.05, 3.63) is 33.4 Å². The Bertz CT molecular complexity index is 464. The first-order chi connectivity index (χ1) is 9.95. The zero-order chi connectivity index (χ0) is 15.6. The molecule has 0 spiro atoms. The minimum Gasteiger partial charge on any atom is -0.118 e. The predicted octanol–water partition coefficient (Wildman–Crippen LogP) is 6.87. The zero-order valence-corrected chi connectivity index (χ0v) is 15.2. The van der Waals surface area contributed by atoms with Crippen molar-refractivity contribution in [3.8, 4) is 0 Å². The Labute approximate surface area is 136 Å². The van der Waals surface area contributed by atoms with E-state index in [4.69, 9.17) is 11.6 Å². The minimum absolute atomic E-state index is 0.195. The molecule has 0 heterocycles. The Hall–Kier alpha value is -0.490. The van der Waals surface area contributed by atoms with Crippen molar-refractivity contribution in [3.63, 3.8) is 0 Å². The van der Waals surface area contributed by atoms with Crippen LogP contribution in [-0.2, 0) is 0 Å². The average molecular weight is 307 g/mol. The normalized spacial score (nSPS) is 19.1. The van der Waals surface area contributed by atoms with E-state index in [2.05, 4.69) is 34.6 Å². The van der Waals surface area contributed by atoms with Gasteiger partial charge < -0.3 is 0 Å². The highest BCUT2D eigenvalue weighted by Gasteiger charge is 2.26. The quantitative estimate of drug-likeness (QED) is 0.523. The Kier molecular flexibility index (Phi) is 5.77. The van der Waals surface area contributed by atoms with Gasteiger partial charge in [-0.1, -0.05) is 32.1 Å². The number of hydrogen-bond acceptors (Lipinski definition) is 0. The van der Waals surface area contributed by atoms with E-state index >= 15 is 0 Å². The van der Waals surface area contributed by atoms with Gasteiger partial charge in [-0.3, -0.25) is 0 Å². The summed E-state index contributed by atoms with van der Waals surface area (Å²) in [7, 11) is 0. The first kappa shape index (κ1) is 16.9. The van der Waals surface area contributed by atoms with Crippen LogP contribution >= 0.6 is 11.6 Å². The van der Waals surface area contributed by atoms with Crippen molar-refractivity contribution in [1.82, 2.24) is 0 Å². The molecule has 0 aromatic heterocycles. The largest absolute Gasteiger partial charge is 0.118 e. The summed E-state index contributed by atoms with van der Waals surface area (Å²) < 4.78 is 0. The van der Waals surface area contributed by atoms with Crippen LogP contribution in [0.3, 0.4) is 0 Å². The molecule has 2 rings (SSSR count). The molecule has 118 valence electrons. The first-order valence-corrected chi connectivity index (χ1v) is 9.09. The van der Waals surface area contributed by atoms with Crippen LogP contribution in [0.15, 0.2) is 0 Å². The SMILES string of the molecule is Cc1c(C)c(C)c(C(Cl)C2CCCCCCC2)c(C)c1C. The van der Waals surface area contributed by atoms with Crippen LogP contribution in [0, 0.1) is 40.5 Å². The number of benzene rings is 1. The van der Waals surface area contributed by atoms with Crippen LogP contribution in [0.2, 0.25) is 0 Å². The lowest BCUT2D eigenvalue weighted by Gasteiger charge is -2.29. The minimum atomic E-state index is 0.195. The molecular formula is C20H31Cl. The molecule has 0 radical (unpaired) electrons. The Balaban J connectivity index is 2.35. The maximum atomic E-state index is 7.02. The summed E-state index contributed by atoms with van der Waals surface area (Å²) in [5.41, 5.74) is 8.60. The van der Waals surface area contributed by atoms with E-state index in [1.165, 1.54) is 78.3 Å². The van der Waals surface area contributed by atoms with Gasteiger partial charge in [0.15, 0.2) is 0 Å². The number of alkyl halides is 1. The van der Waals surface area contributed by atoms with Gasteiger partial charge in [0.2, 0.25) is 0 Å². The van der Waals surface area contributed by atoms with Crippen molar-refractivity contribution >= 4 is 11.6 Å². The number of rotatable bonds is 2. The predicted molar refractivity (Wildman–Crippen MR) is 94.5 cm³/mol. The first-order valence-electron chi connectivity index (χ1n) is 8.66. The summed E-state index contributed by atoms with van der Waals surface area (Å²) in [6.45, 7) is 11.3. The molecule has 0 saturated heterocycles. The fourth-order valence-corrected chi connectivity index (χ4v) is 4.54. The van der Waals surface area contributed by atoms with Gasteiger partial charge in [-0.05, 0) is 86.8 Å². The molecule has 1 aliphatic rings. The molecule has 1 aromatic rings. The molecule has 1 aromatic carbocycles. The Morgan fingerprint density at radius 2 is 1.05 bits per heavy atom. The summed E-state index contributed by atoms with van der Waals surface area (Å²) in [4.78, 5) is 0. The smallest absolute Gasteiger partial charge is 0.0618 e. The van der Waals surface area contributed by atoms with E-state index in [0.29, 0.717) is 5.92 Å². The second-order valence-corrected chi connectivity index (χ2v) is 7.52. The van der Waals surface area contributed by atoms with E-state index in [1.807, 2.05) is 0 Å². The van der Waals surface area contributed by atoms with E-state index in [1.54, 1.807) is 0 Å². The summed E-state index contributed by atoms with van der Waals surface area (Å²) >= 11 is 7.02. The molecule has 1 unspecified atom stereocenters. The number of hydrogen-bond donors (Lipinski definition) is 0. The van der Waals surface area contributed by atoms with Crippen LogP contribution in [0.25, 0.3) is 0 Å². The van der Waals surface area contributed by atoms with Gasteiger partial charge in [0, 0.05) is 0 Å². The topological polar surface area (TPSA) is 0 Å². The molecule has 1 fully saturated rings. The van der Waals surface area contributed by atoms with Crippen LogP contribution in [0.4, 0.5) is 0 Å². The molecule has 0 amide bonds. The number of halogens is 1. The highest BCUT2D eigenvalue weighted by molar-refractivity contribution is 6.21. The van der Waals surface area contributed by atoms with Crippen molar-refractivity contribution in [1.29, 1.82) is 0 Å². The van der Waals surface area contributed by atoms with E-state index in [9.17, 15) is 0 Å². The van der Waals surface area contributed by atoms with Gasteiger partial charge >= 0.3 is 0 Å². The molecule has 0 aliphatic heterocycles. The van der Waals surface area contributed by atoms with Crippen LogP contribution in [0.1, 0.15) is 83.7 Å². The fourth-order valence-electron chi connectivity index (χ4n) is 3.96. The van der Waals surface area contributed by atoms with Crippen molar-refractivity contribution in [2.75, 3.05) is 0 Å². The van der Waals surface area contributed by atoms with E-state index < -0.39 is 0 Å². The molecule has 1 atom stereocenters. The lowest BCUT2D eigenvalue weighted by molar-refractivity contribution is 0.367. The average Bonchev–Trinajstić information content (AvgIpc) is 2.43. The molecule has 0 nitrogen and oxygen atoms in total. The maximum Gasteiger partial charge on any atom is 0.0618 e. The van der Waals surface area contributed by atoms with E-state index in [0.717, 1.165) is 0 Å². The third kappa shape index (κ3) is 3.47.